The van der Waals surface area contributed by atoms with Gasteiger partial charge in [-0.15, -0.1) is 0 Å². The molecule has 0 aromatic carbocycles. The zero-order valence-electron chi connectivity index (χ0n) is 12.7. The number of nitrogens with zero attached hydrogens (tertiary/aromatic N) is 1. The van der Waals surface area contributed by atoms with E-state index < -0.39 is 0 Å². The van der Waals surface area contributed by atoms with Gasteiger partial charge in [-0.05, 0) is 45.1 Å². The van der Waals surface area contributed by atoms with Crippen molar-refractivity contribution in [1.82, 2.24) is 10.2 Å². The largest absolute Gasteiger partial charge is 0.468 e. The van der Waals surface area contributed by atoms with Gasteiger partial charge in [0.25, 0.3) is 0 Å². The fourth-order valence-corrected chi connectivity index (χ4v) is 3.88. The van der Waals surface area contributed by atoms with Crippen molar-refractivity contribution in [2.24, 2.45) is 5.92 Å². The number of fused-ring (bicyclic) bond motifs is 2. The number of carbonyl (C=O) groups excluding carboxylic acids is 1. The van der Waals surface area contributed by atoms with E-state index in [4.69, 9.17) is 4.74 Å². The highest BCUT2D eigenvalue weighted by atomic mass is 16.5. The maximum absolute atomic E-state index is 12.1. The molecule has 2 heterocycles. The third-order valence-corrected chi connectivity index (χ3v) is 4.73. The van der Waals surface area contributed by atoms with E-state index in [-0.39, 0.29) is 12.0 Å². The van der Waals surface area contributed by atoms with Crippen LogP contribution in [0.2, 0.25) is 0 Å². The van der Waals surface area contributed by atoms with E-state index in [0.29, 0.717) is 24.0 Å². The molecule has 1 N–H and O–H groups in total. The number of nitrogens with one attached hydrogen (secondary N) is 1. The second-order valence-corrected chi connectivity index (χ2v) is 6.46. The van der Waals surface area contributed by atoms with Gasteiger partial charge in [-0.1, -0.05) is 13.8 Å². The molecule has 0 aromatic rings. The van der Waals surface area contributed by atoms with Crippen LogP contribution in [0.3, 0.4) is 0 Å². The molecule has 2 fully saturated rings. The van der Waals surface area contributed by atoms with E-state index in [1.807, 2.05) is 7.05 Å². The highest BCUT2D eigenvalue weighted by Gasteiger charge is 2.45. The minimum absolute atomic E-state index is 0.0414. The van der Waals surface area contributed by atoms with Crippen molar-refractivity contribution >= 4 is 5.97 Å². The van der Waals surface area contributed by atoms with Gasteiger partial charge in [0.1, 0.15) is 6.04 Å². The zero-order valence-corrected chi connectivity index (χ0v) is 12.7. The van der Waals surface area contributed by atoms with Gasteiger partial charge in [0, 0.05) is 18.1 Å². The predicted molar refractivity (Wildman–Crippen MR) is 76.0 cm³/mol. The summed E-state index contributed by atoms with van der Waals surface area (Å²) in [5, 5.41) is 3.41. The number of hydrogen-bond acceptors (Lipinski definition) is 4. The first-order valence-corrected chi connectivity index (χ1v) is 7.59. The molecule has 0 aliphatic carbocycles. The first-order chi connectivity index (χ1) is 9.06. The second kappa shape index (κ2) is 6.23. The fourth-order valence-electron chi connectivity index (χ4n) is 3.88. The first-order valence-electron chi connectivity index (χ1n) is 7.59. The van der Waals surface area contributed by atoms with Gasteiger partial charge in [-0.25, -0.2) is 0 Å². The lowest BCUT2D eigenvalue weighted by molar-refractivity contribution is -0.150. The molecular formula is C15H28N2O2. The van der Waals surface area contributed by atoms with E-state index in [1.165, 1.54) is 32.8 Å². The summed E-state index contributed by atoms with van der Waals surface area (Å²) in [6, 6.07) is 1.68. The van der Waals surface area contributed by atoms with Crippen LogP contribution in [0.15, 0.2) is 0 Å². The van der Waals surface area contributed by atoms with Gasteiger partial charge in [0.2, 0.25) is 0 Å². The molecule has 2 aliphatic rings. The third-order valence-electron chi connectivity index (χ3n) is 4.73. The van der Waals surface area contributed by atoms with Crippen LogP contribution in [0.5, 0.6) is 0 Å². The Morgan fingerprint density at radius 3 is 2.32 bits per heavy atom. The van der Waals surface area contributed by atoms with E-state index in [9.17, 15) is 4.79 Å². The van der Waals surface area contributed by atoms with Crippen molar-refractivity contribution in [2.75, 3.05) is 14.2 Å². The summed E-state index contributed by atoms with van der Waals surface area (Å²) in [5.41, 5.74) is 0. The lowest BCUT2D eigenvalue weighted by Crippen LogP contribution is -2.55. The summed E-state index contributed by atoms with van der Waals surface area (Å²) in [7, 11) is 3.56. The Morgan fingerprint density at radius 2 is 1.89 bits per heavy atom. The Balaban J connectivity index is 2.12. The Labute approximate surface area is 116 Å². The number of carbonyl (C=O) groups is 1. The number of methoxy groups -OCH3 is 1. The second-order valence-electron chi connectivity index (χ2n) is 6.46. The Hall–Kier alpha value is -0.610. The molecule has 0 aromatic heterocycles. The minimum Gasteiger partial charge on any atom is -0.468 e. The smallest absolute Gasteiger partial charge is 0.323 e. The highest BCUT2D eigenvalue weighted by molar-refractivity contribution is 5.75. The van der Waals surface area contributed by atoms with Gasteiger partial charge < -0.3 is 10.1 Å². The van der Waals surface area contributed by atoms with Crippen LogP contribution in [-0.4, -0.2) is 49.2 Å². The van der Waals surface area contributed by atoms with Crippen molar-refractivity contribution < 1.29 is 9.53 Å². The topological polar surface area (TPSA) is 41.6 Å². The molecular weight excluding hydrogens is 240 g/mol. The Bertz CT molecular complexity index is 305. The molecule has 2 aliphatic heterocycles. The summed E-state index contributed by atoms with van der Waals surface area (Å²) in [6.45, 7) is 4.36. The maximum atomic E-state index is 12.1. The van der Waals surface area contributed by atoms with Crippen molar-refractivity contribution in [2.45, 2.75) is 70.1 Å². The Morgan fingerprint density at radius 1 is 1.32 bits per heavy atom. The summed E-state index contributed by atoms with van der Waals surface area (Å²) in [4.78, 5) is 14.6. The monoisotopic (exact) mass is 268 g/mol. The van der Waals surface area contributed by atoms with Crippen LogP contribution >= 0.6 is 0 Å². The van der Waals surface area contributed by atoms with Crippen LogP contribution in [-0.2, 0) is 9.53 Å². The van der Waals surface area contributed by atoms with Crippen molar-refractivity contribution in [3.8, 4) is 0 Å². The predicted octanol–water partition coefficient (Wildman–Crippen LogP) is 1.79. The van der Waals surface area contributed by atoms with Crippen molar-refractivity contribution in [3.05, 3.63) is 0 Å². The van der Waals surface area contributed by atoms with Crippen LogP contribution in [0, 0.1) is 5.92 Å². The van der Waals surface area contributed by atoms with Crippen LogP contribution < -0.4 is 5.32 Å². The molecule has 2 bridgehead atoms. The molecule has 0 radical (unpaired) electrons. The van der Waals surface area contributed by atoms with Gasteiger partial charge in [0.15, 0.2) is 0 Å². The minimum atomic E-state index is -0.0477. The maximum Gasteiger partial charge on any atom is 0.323 e. The summed E-state index contributed by atoms with van der Waals surface area (Å²) in [5.74, 6) is 0.471. The molecule has 4 heteroatoms. The quantitative estimate of drug-likeness (QED) is 0.772. The van der Waals surface area contributed by atoms with Gasteiger partial charge in [-0.2, -0.15) is 0 Å². The van der Waals surface area contributed by atoms with E-state index in [2.05, 4.69) is 24.1 Å². The average Bonchev–Trinajstić information content (AvgIpc) is 2.65. The zero-order chi connectivity index (χ0) is 14.0. The average molecular weight is 268 g/mol. The normalized spacial score (nSPS) is 32.6. The van der Waals surface area contributed by atoms with Gasteiger partial charge in [0.05, 0.1) is 7.11 Å². The first kappa shape index (κ1) is 14.8. The lowest BCUT2D eigenvalue weighted by atomic mass is 9.92. The highest BCUT2D eigenvalue weighted by Crippen LogP contribution is 2.38. The standard InChI is InChI=1S/C15H28N2O2/c1-10(2)7-14(15(18)19-4)17-12-5-6-13(17)9-11(8-12)16-3/h10-14,16H,5-9H2,1-4H3. The summed E-state index contributed by atoms with van der Waals surface area (Å²) < 4.78 is 5.05. The third kappa shape index (κ3) is 3.11. The molecule has 3 unspecified atom stereocenters. The van der Waals surface area contributed by atoms with Gasteiger partial charge in [-0.3, -0.25) is 9.69 Å². The lowest BCUT2D eigenvalue weighted by Gasteiger charge is -2.42. The molecule has 4 nitrogen and oxygen atoms in total. The SMILES string of the molecule is CNC1CC2CCC(C1)N2C(CC(C)C)C(=O)OC. The number of esters is 1. The summed E-state index contributed by atoms with van der Waals surface area (Å²) in [6.07, 6.45) is 5.70. The van der Waals surface area contributed by atoms with Crippen molar-refractivity contribution in [1.29, 1.82) is 0 Å². The molecule has 2 saturated heterocycles. The number of hydrogen-bond donors (Lipinski definition) is 1. The van der Waals surface area contributed by atoms with E-state index in [1.54, 1.807) is 0 Å². The number of rotatable bonds is 5. The fraction of sp³-hybridized carbons (Fsp3) is 0.933. The molecule has 2 rings (SSSR count). The van der Waals surface area contributed by atoms with Crippen molar-refractivity contribution in [3.63, 3.8) is 0 Å². The van der Waals surface area contributed by atoms with E-state index in [0.717, 1.165) is 6.42 Å². The summed E-state index contributed by atoms with van der Waals surface area (Å²) >= 11 is 0. The molecule has 3 atom stereocenters. The molecule has 0 spiro atoms. The molecule has 0 saturated carbocycles. The molecule has 0 amide bonds. The van der Waals surface area contributed by atoms with Crippen LogP contribution in [0.1, 0.15) is 46.0 Å². The van der Waals surface area contributed by atoms with Crippen LogP contribution in [0.4, 0.5) is 0 Å². The molecule has 19 heavy (non-hydrogen) atoms. The Kier molecular flexibility index (Phi) is 4.85. The number of ether oxygens (including phenoxy) is 1. The number of piperidine rings is 1. The molecule has 110 valence electrons. The van der Waals surface area contributed by atoms with Gasteiger partial charge >= 0.3 is 5.97 Å². The van der Waals surface area contributed by atoms with E-state index >= 15 is 0 Å². The van der Waals surface area contributed by atoms with Crippen LogP contribution in [0.25, 0.3) is 0 Å².